The third-order valence-electron chi connectivity index (χ3n) is 4.53. The van der Waals surface area contributed by atoms with Crippen molar-refractivity contribution in [2.45, 2.75) is 0 Å². The summed E-state index contributed by atoms with van der Waals surface area (Å²) in [6.45, 7) is 0. The van der Waals surface area contributed by atoms with Gasteiger partial charge in [0.2, 0.25) is 5.78 Å². The zero-order chi connectivity index (χ0) is 18.6. The summed E-state index contributed by atoms with van der Waals surface area (Å²) in [6, 6.07) is 29.2. The first-order chi connectivity index (χ1) is 13.3. The first-order valence-corrected chi connectivity index (χ1v) is 8.70. The second kappa shape index (κ2) is 7.26. The SMILES string of the molecule is O=CC(=O)c1c(-c2ccccc2)c(-c2ccccc2)cn1-c1ccccc1. The molecular formula is C24H17NO2. The number of carbonyl (C=O) groups excluding carboxylic acids is 2. The molecule has 3 aromatic carbocycles. The number of nitrogens with zero attached hydrogens (tertiary/aromatic N) is 1. The third-order valence-corrected chi connectivity index (χ3v) is 4.53. The van der Waals surface area contributed by atoms with Crippen molar-refractivity contribution in [3.63, 3.8) is 0 Å². The number of hydrogen-bond acceptors (Lipinski definition) is 2. The second-order valence-electron chi connectivity index (χ2n) is 6.19. The molecule has 1 aromatic heterocycles. The zero-order valence-corrected chi connectivity index (χ0v) is 14.6. The Hall–Kier alpha value is -3.72. The van der Waals surface area contributed by atoms with E-state index in [2.05, 4.69) is 0 Å². The predicted molar refractivity (Wildman–Crippen MR) is 107 cm³/mol. The average molecular weight is 351 g/mol. The van der Waals surface area contributed by atoms with Crippen LogP contribution in [-0.2, 0) is 4.79 Å². The van der Waals surface area contributed by atoms with Gasteiger partial charge in [0, 0.05) is 23.0 Å². The number of Topliss-reactive ketones (excluding diaryl/α,β-unsaturated/α-hetero) is 1. The molecule has 0 aliphatic rings. The van der Waals surface area contributed by atoms with Crippen molar-refractivity contribution in [2.75, 3.05) is 0 Å². The molecule has 0 aliphatic carbocycles. The van der Waals surface area contributed by atoms with Gasteiger partial charge in [0.25, 0.3) is 0 Å². The van der Waals surface area contributed by atoms with E-state index in [0.717, 1.165) is 27.9 Å². The van der Waals surface area contributed by atoms with Gasteiger partial charge < -0.3 is 4.57 Å². The van der Waals surface area contributed by atoms with Crippen LogP contribution in [0.15, 0.2) is 97.2 Å². The molecule has 27 heavy (non-hydrogen) atoms. The first-order valence-electron chi connectivity index (χ1n) is 8.70. The summed E-state index contributed by atoms with van der Waals surface area (Å²) in [5, 5.41) is 0. The highest BCUT2D eigenvalue weighted by atomic mass is 16.2. The van der Waals surface area contributed by atoms with E-state index >= 15 is 0 Å². The number of aldehydes is 1. The average Bonchev–Trinajstić information content (AvgIpc) is 3.16. The van der Waals surface area contributed by atoms with E-state index in [4.69, 9.17) is 0 Å². The first kappa shape index (κ1) is 16.7. The molecule has 0 N–H and O–H groups in total. The van der Waals surface area contributed by atoms with E-state index in [-0.39, 0.29) is 0 Å². The van der Waals surface area contributed by atoms with Crippen molar-refractivity contribution in [1.29, 1.82) is 0 Å². The summed E-state index contributed by atoms with van der Waals surface area (Å²) in [5.74, 6) is -0.542. The maximum Gasteiger partial charge on any atom is 0.242 e. The maximum absolute atomic E-state index is 12.7. The highest BCUT2D eigenvalue weighted by Gasteiger charge is 2.24. The van der Waals surface area contributed by atoms with Crippen LogP contribution in [0.3, 0.4) is 0 Å². The lowest BCUT2D eigenvalue weighted by Gasteiger charge is -2.09. The van der Waals surface area contributed by atoms with Crippen molar-refractivity contribution >= 4 is 12.1 Å². The van der Waals surface area contributed by atoms with Gasteiger partial charge in [-0.25, -0.2) is 0 Å². The minimum atomic E-state index is -0.542. The molecule has 3 heteroatoms. The molecule has 4 aromatic rings. The molecule has 0 amide bonds. The molecule has 0 bridgehead atoms. The van der Waals surface area contributed by atoms with Crippen molar-refractivity contribution in [1.82, 2.24) is 4.57 Å². The summed E-state index contributed by atoms with van der Waals surface area (Å²) in [6.07, 6.45) is 2.32. The summed E-state index contributed by atoms with van der Waals surface area (Å²) >= 11 is 0. The van der Waals surface area contributed by atoms with Crippen LogP contribution in [0.25, 0.3) is 27.9 Å². The summed E-state index contributed by atoms with van der Waals surface area (Å²) in [5.41, 5.74) is 4.78. The van der Waals surface area contributed by atoms with Crippen LogP contribution < -0.4 is 0 Å². The molecule has 130 valence electrons. The number of para-hydroxylation sites is 1. The van der Waals surface area contributed by atoms with Gasteiger partial charge in [0.05, 0.1) is 0 Å². The Balaban J connectivity index is 2.09. The van der Waals surface area contributed by atoms with Gasteiger partial charge in [0.1, 0.15) is 5.69 Å². The van der Waals surface area contributed by atoms with Gasteiger partial charge in [-0.3, -0.25) is 9.59 Å². The van der Waals surface area contributed by atoms with E-state index < -0.39 is 5.78 Å². The summed E-state index contributed by atoms with van der Waals surface area (Å²) in [7, 11) is 0. The number of hydrogen-bond donors (Lipinski definition) is 0. The minimum absolute atomic E-state index is 0.376. The van der Waals surface area contributed by atoms with Crippen molar-refractivity contribution in [3.8, 4) is 27.9 Å². The largest absolute Gasteiger partial charge is 0.312 e. The molecule has 4 rings (SSSR count). The van der Waals surface area contributed by atoms with Crippen LogP contribution in [-0.4, -0.2) is 16.6 Å². The topological polar surface area (TPSA) is 39.1 Å². The molecule has 0 aliphatic heterocycles. The van der Waals surface area contributed by atoms with Crippen LogP contribution >= 0.6 is 0 Å². The standard InChI is InChI=1S/C24H17NO2/c26-17-22(27)24-23(19-12-6-2-7-13-19)21(18-10-4-1-5-11-18)16-25(24)20-14-8-3-9-15-20/h1-17H. The van der Waals surface area contributed by atoms with E-state index in [1.54, 1.807) is 4.57 Å². The summed E-state index contributed by atoms with van der Waals surface area (Å²) < 4.78 is 1.81. The van der Waals surface area contributed by atoms with E-state index in [0.29, 0.717) is 12.0 Å². The molecule has 0 saturated heterocycles. The quantitative estimate of drug-likeness (QED) is 0.282. The third kappa shape index (κ3) is 3.11. The van der Waals surface area contributed by atoms with Gasteiger partial charge in [-0.05, 0) is 23.3 Å². The molecular weight excluding hydrogens is 334 g/mol. The van der Waals surface area contributed by atoms with Gasteiger partial charge in [0.15, 0.2) is 6.29 Å². The lowest BCUT2D eigenvalue weighted by atomic mass is 9.96. The van der Waals surface area contributed by atoms with Gasteiger partial charge >= 0.3 is 0 Å². The Morgan fingerprint density at radius 1 is 0.704 bits per heavy atom. The maximum atomic E-state index is 12.7. The smallest absolute Gasteiger partial charge is 0.242 e. The van der Waals surface area contributed by atoms with Gasteiger partial charge in [-0.1, -0.05) is 78.9 Å². The second-order valence-corrected chi connectivity index (χ2v) is 6.19. The Morgan fingerprint density at radius 3 is 1.78 bits per heavy atom. The molecule has 0 fully saturated rings. The van der Waals surface area contributed by atoms with E-state index in [1.807, 2.05) is 97.2 Å². The molecule has 0 atom stereocenters. The molecule has 0 unspecified atom stereocenters. The highest BCUT2D eigenvalue weighted by Crippen LogP contribution is 2.38. The lowest BCUT2D eigenvalue weighted by molar-refractivity contribution is -0.104. The fourth-order valence-corrected chi connectivity index (χ4v) is 3.33. The number of aromatic nitrogens is 1. The Labute approximate surface area is 157 Å². The Bertz CT molecular complexity index is 1080. The highest BCUT2D eigenvalue weighted by molar-refractivity contribution is 6.35. The van der Waals surface area contributed by atoms with E-state index in [1.165, 1.54) is 0 Å². The lowest BCUT2D eigenvalue weighted by Crippen LogP contribution is -2.09. The predicted octanol–water partition coefficient (Wildman–Crippen LogP) is 5.19. The van der Waals surface area contributed by atoms with Crippen LogP contribution in [0.5, 0.6) is 0 Å². The van der Waals surface area contributed by atoms with Crippen LogP contribution in [0, 0.1) is 0 Å². The number of benzene rings is 3. The van der Waals surface area contributed by atoms with Crippen molar-refractivity contribution < 1.29 is 9.59 Å². The van der Waals surface area contributed by atoms with Gasteiger partial charge in [-0.2, -0.15) is 0 Å². The Kier molecular flexibility index (Phi) is 4.50. The fraction of sp³-hybridized carbons (Fsp3) is 0. The summed E-state index contributed by atoms with van der Waals surface area (Å²) in [4.78, 5) is 24.1. The molecule has 0 saturated carbocycles. The van der Waals surface area contributed by atoms with Crippen molar-refractivity contribution in [2.24, 2.45) is 0 Å². The number of ketones is 1. The molecule has 0 spiro atoms. The van der Waals surface area contributed by atoms with Crippen LogP contribution in [0.4, 0.5) is 0 Å². The van der Waals surface area contributed by atoms with Crippen molar-refractivity contribution in [3.05, 3.63) is 103 Å². The number of carbonyl (C=O) groups is 2. The van der Waals surface area contributed by atoms with Crippen LogP contribution in [0.1, 0.15) is 10.5 Å². The zero-order valence-electron chi connectivity index (χ0n) is 14.6. The van der Waals surface area contributed by atoms with Gasteiger partial charge in [-0.15, -0.1) is 0 Å². The molecule has 1 heterocycles. The minimum Gasteiger partial charge on any atom is -0.312 e. The number of rotatable bonds is 5. The fourth-order valence-electron chi connectivity index (χ4n) is 3.33. The Morgan fingerprint density at radius 2 is 1.22 bits per heavy atom. The normalized spacial score (nSPS) is 10.5. The van der Waals surface area contributed by atoms with Crippen LogP contribution in [0.2, 0.25) is 0 Å². The molecule has 0 radical (unpaired) electrons. The van der Waals surface area contributed by atoms with E-state index in [9.17, 15) is 9.59 Å². The monoisotopic (exact) mass is 351 g/mol. The molecule has 3 nitrogen and oxygen atoms in total.